The van der Waals surface area contributed by atoms with Crippen molar-refractivity contribution in [3.05, 3.63) is 29.8 Å². The normalized spacial score (nSPS) is 31.9. The number of rotatable bonds is 13. The zero-order valence-corrected chi connectivity index (χ0v) is 34.3. The van der Waals surface area contributed by atoms with Gasteiger partial charge in [0.05, 0.1) is 26.9 Å². The van der Waals surface area contributed by atoms with E-state index in [2.05, 4.69) is 36.9 Å². The molecule has 4 aliphatic carbocycles. The van der Waals surface area contributed by atoms with Crippen LogP contribution in [0.1, 0.15) is 102 Å². The number of nitrogens with one attached hydrogen (secondary N) is 3. The molecule has 0 aliphatic heterocycles. The van der Waals surface area contributed by atoms with E-state index >= 15 is 0 Å². The third-order valence-corrected chi connectivity index (χ3v) is 14.7. The molecule has 0 radical (unpaired) electrons. The van der Waals surface area contributed by atoms with Crippen molar-refractivity contribution >= 4 is 41.8 Å². The number of amides is 3. The summed E-state index contributed by atoms with van der Waals surface area (Å²) >= 11 is 1.59. The topological polar surface area (TPSA) is 168 Å². The number of ether oxygens (including phenoxy) is 5. The molecule has 4 saturated carbocycles. The van der Waals surface area contributed by atoms with Crippen molar-refractivity contribution in [3.8, 4) is 5.75 Å². The molecule has 0 spiro atoms. The quantitative estimate of drug-likeness (QED) is 0.111. The minimum absolute atomic E-state index is 0.0573. The SMILES string of the molecule is COC(=O)CC[C@@H](C)[C@H]1CC[C@H]2[C@@H]3CC[C@@H]4C[C@H](OC(=O)NNC(=O)c5ccccc5OC)CC[C@]4(C)[C@H]3C[C@H](OC(=O)N[C@@H](CCSC)C(=O)OC)[C@]12C. The minimum atomic E-state index is -0.804. The number of esters is 2. The van der Waals surface area contributed by atoms with E-state index < -0.39 is 36.2 Å². The van der Waals surface area contributed by atoms with E-state index in [1.54, 1.807) is 36.0 Å². The van der Waals surface area contributed by atoms with Crippen LogP contribution in [0.2, 0.25) is 0 Å². The zero-order valence-electron chi connectivity index (χ0n) is 33.5. The van der Waals surface area contributed by atoms with Gasteiger partial charge in [-0.25, -0.2) is 19.8 Å². The number of hydrogen-bond acceptors (Lipinski definition) is 11. The van der Waals surface area contributed by atoms with Crippen LogP contribution in [0.25, 0.3) is 0 Å². The second-order valence-corrected chi connectivity index (χ2v) is 17.5. The van der Waals surface area contributed by atoms with Gasteiger partial charge in [0, 0.05) is 11.8 Å². The number of carbonyl (C=O) groups excluding carboxylic acids is 5. The van der Waals surface area contributed by atoms with Gasteiger partial charge in [0.1, 0.15) is 24.0 Å². The van der Waals surface area contributed by atoms with Gasteiger partial charge >= 0.3 is 24.1 Å². The molecule has 0 bridgehead atoms. The Kier molecular flexibility index (Phi) is 14.3. The van der Waals surface area contributed by atoms with Crippen molar-refractivity contribution in [1.82, 2.24) is 16.2 Å². The number of para-hydroxylation sites is 1. The minimum Gasteiger partial charge on any atom is -0.496 e. The fourth-order valence-electron chi connectivity index (χ4n) is 11.2. The molecule has 1 aromatic carbocycles. The molecule has 0 heterocycles. The number of fused-ring (bicyclic) bond motifs is 5. The standard InChI is InChI=1S/C41H61N3O10S/c1-24(12-17-35(45)51-5)29-15-16-30-27-14-13-25-22-26(53-39(49)44-43-36(46)28-10-8-9-11-33(28)50-4)18-20-40(25,2)31(27)23-34(41(29,30)3)54-38(48)42-32(19-21-55-7)37(47)52-6/h8-11,24-27,29-32,34H,12-23H2,1-7H3,(H,42,48)(H,43,46)(H,44,49)/t24-,25-,26-,27+,29-,30+,31+,32+,34+,40+,41-/m1/s1. The van der Waals surface area contributed by atoms with Crippen molar-refractivity contribution in [1.29, 1.82) is 0 Å². The molecule has 5 rings (SSSR count). The summed E-state index contributed by atoms with van der Waals surface area (Å²) in [5, 5.41) is 2.84. The Labute approximate surface area is 329 Å². The summed E-state index contributed by atoms with van der Waals surface area (Å²) in [6.45, 7) is 6.88. The molecule has 11 atom stereocenters. The molecule has 1 aromatic rings. The molecular weight excluding hydrogens is 727 g/mol. The Bertz CT molecular complexity index is 1540. The maximum atomic E-state index is 13.7. The summed E-state index contributed by atoms with van der Waals surface area (Å²) in [5.74, 6) is 1.66. The molecule has 0 unspecified atom stereocenters. The first kappa shape index (κ1) is 42.5. The average Bonchev–Trinajstić information content (AvgIpc) is 3.55. The van der Waals surface area contributed by atoms with E-state index in [0.29, 0.717) is 73.3 Å². The Morgan fingerprint density at radius 1 is 0.873 bits per heavy atom. The number of hydrogen-bond donors (Lipinski definition) is 3. The molecule has 0 saturated heterocycles. The zero-order chi connectivity index (χ0) is 39.9. The smallest absolute Gasteiger partial charge is 0.426 e. The number of benzene rings is 1. The predicted octanol–water partition coefficient (Wildman–Crippen LogP) is 6.68. The fourth-order valence-corrected chi connectivity index (χ4v) is 11.6. The summed E-state index contributed by atoms with van der Waals surface area (Å²) in [5.41, 5.74) is 4.75. The maximum absolute atomic E-state index is 13.7. The van der Waals surface area contributed by atoms with Crippen molar-refractivity contribution < 1.29 is 47.7 Å². The van der Waals surface area contributed by atoms with Gasteiger partial charge in [0.15, 0.2) is 0 Å². The molecule has 306 valence electrons. The largest absolute Gasteiger partial charge is 0.496 e. The first-order valence-electron chi connectivity index (χ1n) is 19.8. The average molecular weight is 788 g/mol. The van der Waals surface area contributed by atoms with Gasteiger partial charge in [-0.15, -0.1) is 0 Å². The van der Waals surface area contributed by atoms with Gasteiger partial charge in [-0.1, -0.05) is 32.9 Å². The van der Waals surface area contributed by atoms with E-state index in [0.717, 1.165) is 32.1 Å². The molecule has 14 heteroatoms. The number of methoxy groups -OCH3 is 3. The highest BCUT2D eigenvalue weighted by Crippen LogP contribution is 2.69. The first-order valence-corrected chi connectivity index (χ1v) is 21.2. The molecule has 0 aromatic heterocycles. The van der Waals surface area contributed by atoms with E-state index in [1.807, 2.05) is 6.26 Å². The van der Waals surface area contributed by atoms with E-state index in [-0.39, 0.29) is 40.7 Å². The third kappa shape index (κ3) is 9.15. The van der Waals surface area contributed by atoms with Crippen LogP contribution < -0.4 is 20.9 Å². The summed E-state index contributed by atoms with van der Waals surface area (Å²) in [6.07, 6.45) is 8.44. The molecule has 55 heavy (non-hydrogen) atoms. The lowest BCUT2D eigenvalue weighted by Gasteiger charge is -2.62. The first-order chi connectivity index (χ1) is 26.3. The lowest BCUT2D eigenvalue weighted by atomic mass is 9.43. The molecule has 4 fully saturated rings. The number of hydrazine groups is 1. The monoisotopic (exact) mass is 787 g/mol. The van der Waals surface area contributed by atoms with Gasteiger partial charge in [-0.2, -0.15) is 11.8 Å². The van der Waals surface area contributed by atoms with Crippen LogP contribution in [0.3, 0.4) is 0 Å². The van der Waals surface area contributed by atoms with Gasteiger partial charge in [0.2, 0.25) is 0 Å². The summed E-state index contributed by atoms with van der Waals surface area (Å²) < 4.78 is 27.6. The van der Waals surface area contributed by atoms with Crippen LogP contribution in [0.5, 0.6) is 5.75 Å². The van der Waals surface area contributed by atoms with E-state index in [1.165, 1.54) is 21.3 Å². The molecule has 13 nitrogen and oxygen atoms in total. The number of carbonyl (C=O) groups is 5. The van der Waals surface area contributed by atoms with E-state index in [4.69, 9.17) is 23.7 Å². The molecule has 4 aliphatic rings. The van der Waals surface area contributed by atoms with E-state index in [9.17, 15) is 24.0 Å². The van der Waals surface area contributed by atoms with Crippen molar-refractivity contribution in [2.75, 3.05) is 33.3 Å². The number of thioether (sulfide) groups is 1. The highest BCUT2D eigenvalue weighted by Gasteiger charge is 2.65. The van der Waals surface area contributed by atoms with Gasteiger partial charge in [0.25, 0.3) is 5.91 Å². The molecule has 3 N–H and O–H groups in total. The number of alkyl carbamates (subject to hydrolysis) is 1. The van der Waals surface area contributed by atoms with Crippen LogP contribution in [0.15, 0.2) is 24.3 Å². The van der Waals surface area contributed by atoms with Crippen LogP contribution in [-0.2, 0) is 28.5 Å². The highest BCUT2D eigenvalue weighted by atomic mass is 32.2. The Morgan fingerprint density at radius 3 is 2.35 bits per heavy atom. The predicted molar refractivity (Wildman–Crippen MR) is 207 cm³/mol. The van der Waals surface area contributed by atoms with Gasteiger partial charge < -0.3 is 29.0 Å². The Morgan fingerprint density at radius 2 is 1.64 bits per heavy atom. The molecule has 3 amide bonds. The lowest BCUT2D eigenvalue weighted by Crippen LogP contribution is -2.60. The third-order valence-electron chi connectivity index (χ3n) is 14.0. The van der Waals surface area contributed by atoms with Gasteiger partial charge in [-0.05, 0) is 129 Å². The summed E-state index contributed by atoms with van der Waals surface area (Å²) in [6, 6.07) is 5.95. The van der Waals surface area contributed by atoms with Crippen molar-refractivity contribution in [3.63, 3.8) is 0 Å². The van der Waals surface area contributed by atoms with Crippen LogP contribution in [0, 0.1) is 46.3 Å². The lowest BCUT2D eigenvalue weighted by molar-refractivity contribution is -0.175. The van der Waals surface area contributed by atoms with Crippen molar-refractivity contribution in [2.24, 2.45) is 46.3 Å². The van der Waals surface area contributed by atoms with Crippen LogP contribution >= 0.6 is 11.8 Å². The second kappa shape index (κ2) is 18.5. The fraction of sp³-hybridized carbons (Fsp3) is 0.732. The maximum Gasteiger partial charge on any atom is 0.426 e. The summed E-state index contributed by atoms with van der Waals surface area (Å²) in [4.78, 5) is 64.1. The van der Waals surface area contributed by atoms with Crippen LogP contribution in [-0.4, -0.2) is 81.6 Å². The van der Waals surface area contributed by atoms with Gasteiger partial charge in [-0.3, -0.25) is 15.0 Å². The highest BCUT2D eigenvalue weighted by molar-refractivity contribution is 7.98. The van der Waals surface area contributed by atoms with Crippen LogP contribution in [0.4, 0.5) is 9.59 Å². The Balaban J connectivity index is 1.30. The summed E-state index contributed by atoms with van der Waals surface area (Å²) in [7, 11) is 4.21. The van der Waals surface area contributed by atoms with Crippen molar-refractivity contribution in [2.45, 2.75) is 110 Å². The Hall–Kier alpha value is -3.68. The molecular formula is C41H61N3O10S. The second-order valence-electron chi connectivity index (χ2n) is 16.5.